The molecule has 0 aliphatic rings. The molecule has 0 saturated heterocycles. The minimum absolute atomic E-state index is 0.147. The summed E-state index contributed by atoms with van der Waals surface area (Å²) in [6, 6.07) is 0. The van der Waals surface area contributed by atoms with Crippen LogP contribution in [0.4, 0.5) is 0 Å². The number of carbonyl (C=O) groups excluding carboxylic acids is 1. The second-order valence-corrected chi connectivity index (χ2v) is 6.63. The minimum atomic E-state index is 0.147. The van der Waals surface area contributed by atoms with Gasteiger partial charge < -0.3 is 0 Å². The standard InChI is InChI=1S/C17H30OS/c1-5-7-11-15(3)14-16(4)12-9-8-10-13-17(18)19-6-2/h8-10,13,15-16H,5-7,11-12,14H2,1-4H3/b9-8+,13-10+/t15-,16-/m0/s1. The highest BCUT2D eigenvalue weighted by atomic mass is 32.2. The van der Waals surface area contributed by atoms with Crippen molar-refractivity contribution in [2.24, 2.45) is 11.8 Å². The van der Waals surface area contributed by atoms with Crippen LogP contribution in [0.1, 0.15) is 59.8 Å². The number of unbranched alkanes of at least 4 members (excludes halogenated alkanes) is 1. The molecule has 19 heavy (non-hydrogen) atoms. The predicted molar refractivity (Wildman–Crippen MR) is 88.5 cm³/mol. The largest absolute Gasteiger partial charge is 0.282 e. The number of carbonyl (C=O) groups is 1. The number of rotatable bonds is 10. The van der Waals surface area contributed by atoms with Crippen molar-refractivity contribution in [1.82, 2.24) is 0 Å². The molecule has 0 aromatic carbocycles. The summed E-state index contributed by atoms with van der Waals surface area (Å²) in [4.78, 5) is 11.2. The topological polar surface area (TPSA) is 17.1 Å². The SMILES string of the molecule is CCCC[C@H](C)C[C@@H](C)C/C=C/C=C/C(=O)SCC. The van der Waals surface area contributed by atoms with E-state index in [0.717, 1.165) is 24.0 Å². The molecule has 0 rings (SSSR count). The zero-order chi connectivity index (χ0) is 14.5. The highest BCUT2D eigenvalue weighted by Crippen LogP contribution is 2.20. The fourth-order valence-electron chi connectivity index (χ4n) is 2.17. The first-order valence-electron chi connectivity index (χ1n) is 7.60. The van der Waals surface area contributed by atoms with E-state index in [-0.39, 0.29) is 5.12 Å². The first-order chi connectivity index (χ1) is 9.10. The molecule has 0 spiro atoms. The van der Waals surface area contributed by atoms with Crippen molar-refractivity contribution in [2.75, 3.05) is 5.75 Å². The molecule has 2 atom stereocenters. The zero-order valence-electron chi connectivity index (χ0n) is 13.0. The molecule has 0 heterocycles. The van der Waals surface area contributed by atoms with Crippen molar-refractivity contribution in [3.63, 3.8) is 0 Å². The van der Waals surface area contributed by atoms with Gasteiger partial charge in [0.1, 0.15) is 0 Å². The highest BCUT2D eigenvalue weighted by molar-refractivity contribution is 8.14. The zero-order valence-corrected chi connectivity index (χ0v) is 13.8. The highest BCUT2D eigenvalue weighted by Gasteiger charge is 2.06. The molecule has 0 aliphatic heterocycles. The van der Waals surface area contributed by atoms with Gasteiger partial charge in [0.2, 0.25) is 5.12 Å². The van der Waals surface area contributed by atoms with Crippen LogP contribution >= 0.6 is 11.8 Å². The quantitative estimate of drug-likeness (QED) is 0.382. The lowest BCUT2D eigenvalue weighted by molar-refractivity contribution is -0.107. The fraction of sp³-hybridized carbons (Fsp3) is 0.706. The van der Waals surface area contributed by atoms with Crippen molar-refractivity contribution >= 4 is 16.9 Å². The average Bonchev–Trinajstić information content (AvgIpc) is 2.36. The van der Waals surface area contributed by atoms with Crippen LogP contribution in [0.3, 0.4) is 0 Å². The molecule has 0 saturated carbocycles. The van der Waals surface area contributed by atoms with Gasteiger partial charge in [0.15, 0.2) is 0 Å². The lowest BCUT2D eigenvalue weighted by Gasteiger charge is -2.15. The maximum Gasteiger partial charge on any atom is 0.212 e. The third kappa shape index (κ3) is 12.3. The Morgan fingerprint density at radius 1 is 1.16 bits per heavy atom. The third-order valence-corrected chi connectivity index (χ3v) is 3.87. The van der Waals surface area contributed by atoms with Crippen molar-refractivity contribution in [1.29, 1.82) is 0 Å². The molecular formula is C17H30OS. The first-order valence-corrected chi connectivity index (χ1v) is 8.58. The van der Waals surface area contributed by atoms with E-state index in [1.165, 1.54) is 37.4 Å². The van der Waals surface area contributed by atoms with E-state index in [9.17, 15) is 4.79 Å². The van der Waals surface area contributed by atoms with Gasteiger partial charge in [0.05, 0.1) is 0 Å². The van der Waals surface area contributed by atoms with Crippen LogP contribution in [-0.4, -0.2) is 10.9 Å². The second kappa shape index (κ2) is 12.5. The monoisotopic (exact) mass is 282 g/mol. The summed E-state index contributed by atoms with van der Waals surface area (Å²) in [7, 11) is 0. The summed E-state index contributed by atoms with van der Waals surface area (Å²) in [6.45, 7) is 8.92. The summed E-state index contributed by atoms with van der Waals surface area (Å²) in [5.74, 6) is 2.41. The van der Waals surface area contributed by atoms with Gasteiger partial charge in [-0.1, -0.05) is 76.9 Å². The second-order valence-electron chi connectivity index (χ2n) is 5.36. The fourth-order valence-corrected chi connectivity index (χ4v) is 2.63. The Bertz CT molecular complexity index is 281. The van der Waals surface area contributed by atoms with Crippen LogP contribution < -0.4 is 0 Å². The molecule has 0 radical (unpaired) electrons. The Balaban J connectivity index is 3.77. The van der Waals surface area contributed by atoms with Crippen molar-refractivity contribution in [3.8, 4) is 0 Å². The van der Waals surface area contributed by atoms with E-state index < -0.39 is 0 Å². The van der Waals surface area contributed by atoms with Crippen molar-refractivity contribution in [3.05, 3.63) is 24.3 Å². The number of thioether (sulfide) groups is 1. The maximum absolute atomic E-state index is 11.2. The lowest BCUT2D eigenvalue weighted by atomic mass is 9.91. The van der Waals surface area contributed by atoms with Crippen LogP contribution in [0, 0.1) is 11.8 Å². The summed E-state index contributed by atoms with van der Waals surface area (Å²) in [6.07, 6.45) is 14.1. The summed E-state index contributed by atoms with van der Waals surface area (Å²) in [5.41, 5.74) is 0. The van der Waals surface area contributed by atoms with Crippen molar-refractivity contribution < 1.29 is 4.79 Å². The molecule has 0 aromatic rings. The normalized spacial score (nSPS) is 15.2. The van der Waals surface area contributed by atoms with Crippen LogP contribution in [0.15, 0.2) is 24.3 Å². The Morgan fingerprint density at radius 2 is 1.89 bits per heavy atom. The van der Waals surface area contributed by atoms with Crippen LogP contribution in [0.2, 0.25) is 0 Å². The molecule has 0 amide bonds. The van der Waals surface area contributed by atoms with E-state index in [0.29, 0.717) is 0 Å². The van der Waals surface area contributed by atoms with E-state index >= 15 is 0 Å². The van der Waals surface area contributed by atoms with Crippen LogP contribution in [0.25, 0.3) is 0 Å². The van der Waals surface area contributed by atoms with Crippen molar-refractivity contribution in [2.45, 2.75) is 59.8 Å². The van der Waals surface area contributed by atoms with Gasteiger partial charge in [0, 0.05) is 0 Å². The number of hydrogen-bond acceptors (Lipinski definition) is 2. The Hall–Kier alpha value is -0.500. The molecule has 0 aliphatic carbocycles. The Morgan fingerprint density at radius 3 is 2.53 bits per heavy atom. The minimum Gasteiger partial charge on any atom is -0.282 e. The van der Waals surface area contributed by atoms with E-state index in [1.54, 1.807) is 6.08 Å². The number of allylic oxidation sites excluding steroid dienone is 3. The van der Waals surface area contributed by atoms with Crippen LogP contribution in [0.5, 0.6) is 0 Å². The number of hydrogen-bond donors (Lipinski definition) is 0. The maximum atomic E-state index is 11.2. The van der Waals surface area contributed by atoms with Gasteiger partial charge in [-0.05, 0) is 36.5 Å². The smallest absolute Gasteiger partial charge is 0.212 e. The van der Waals surface area contributed by atoms with Gasteiger partial charge >= 0.3 is 0 Å². The Kier molecular flexibility index (Phi) is 12.2. The van der Waals surface area contributed by atoms with E-state index in [1.807, 2.05) is 19.1 Å². The summed E-state index contributed by atoms with van der Waals surface area (Å²) in [5, 5.41) is 0.147. The first kappa shape index (κ1) is 18.5. The van der Waals surface area contributed by atoms with Gasteiger partial charge in [0.25, 0.3) is 0 Å². The molecule has 0 unspecified atom stereocenters. The summed E-state index contributed by atoms with van der Waals surface area (Å²) < 4.78 is 0. The Labute approximate surface area is 123 Å². The van der Waals surface area contributed by atoms with Crippen LogP contribution in [-0.2, 0) is 4.79 Å². The van der Waals surface area contributed by atoms with E-state index in [2.05, 4.69) is 26.8 Å². The van der Waals surface area contributed by atoms with E-state index in [4.69, 9.17) is 0 Å². The molecule has 0 aromatic heterocycles. The van der Waals surface area contributed by atoms with Gasteiger partial charge in [-0.2, -0.15) is 0 Å². The van der Waals surface area contributed by atoms with Gasteiger partial charge in [-0.3, -0.25) is 4.79 Å². The average molecular weight is 282 g/mol. The molecule has 0 bridgehead atoms. The van der Waals surface area contributed by atoms with Gasteiger partial charge in [-0.25, -0.2) is 0 Å². The third-order valence-electron chi connectivity index (χ3n) is 3.16. The molecule has 0 N–H and O–H groups in total. The molecule has 1 nitrogen and oxygen atoms in total. The van der Waals surface area contributed by atoms with Gasteiger partial charge in [-0.15, -0.1) is 0 Å². The molecule has 2 heteroatoms. The molecule has 0 fully saturated rings. The molecule has 110 valence electrons. The summed E-state index contributed by atoms with van der Waals surface area (Å²) >= 11 is 1.35. The molecular weight excluding hydrogens is 252 g/mol. The predicted octanol–water partition coefficient (Wildman–Crippen LogP) is 5.62. The lowest BCUT2D eigenvalue weighted by Crippen LogP contribution is -2.02.